The fourth-order valence-electron chi connectivity index (χ4n) is 4.30. The Balaban J connectivity index is 1.60. The topological polar surface area (TPSA) is 87.7 Å². The minimum atomic E-state index is -0.431. The smallest absolute Gasteiger partial charge is 0.325 e. The predicted octanol–water partition coefficient (Wildman–Crippen LogP) is 3.15. The summed E-state index contributed by atoms with van der Waals surface area (Å²) in [5, 5.41) is 2.67. The van der Waals surface area contributed by atoms with E-state index in [1.807, 2.05) is 30.3 Å². The van der Waals surface area contributed by atoms with E-state index in [1.165, 1.54) is 12.8 Å². The van der Waals surface area contributed by atoms with Crippen LogP contribution in [0.4, 0.5) is 10.6 Å². The molecule has 1 fully saturated rings. The number of nitrogens with one attached hydrogen (secondary N) is 1. The summed E-state index contributed by atoms with van der Waals surface area (Å²) in [6.45, 7) is 4.83. The molecular formula is C24H31N5O3. The molecule has 0 saturated carbocycles. The van der Waals surface area contributed by atoms with Gasteiger partial charge in [0.15, 0.2) is 5.82 Å². The Bertz CT molecular complexity index is 942. The van der Waals surface area contributed by atoms with E-state index in [-0.39, 0.29) is 12.6 Å². The van der Waals surface area contributed by atoms with Crippen molar-refractivity contribution in [2.45, 2.75) is 45.6 Å². The number of benzene rings is 1. The third-order valence-corrected chi connectivity index (χ3v) is 5.95. The number of nitrogens with zero attached hydrogens (tertiary/aromatic N) is 4. The molecule has 0 spiro atoms. The monoisotopic (exact) mass is 437 g/mol. The molecule has 0 radical (unpaired) electrons. The van der Waals surface area contributed by atoms with Gasteiger partial charge in [-0.05, 0) is 19.8 Å². The molecule has 1 saturated heterocycles. The maximum absolute atomic E-state index is 12.7. The second-order valence-corrected chi connectivity index (χ2v) is 8.20. The number of fused-ring (bicyclic) bond motifs is 1. The maximum atomic E-state index is 12.7. The van der Waals surface area contributed by atoms with E-state index in [0.29, 0.717) is 26.1 Å². The third-order valence-electron chi connectivity index (χ3n) is 5.95. The van der Waals surface area contributed by atoms with Crippen LogP contribution in [0.1, 0.15) is 43.9 Å². The SMILES string of the molecule is CCOC(=O)CNC(=O)N1CCc2nc(-c3ccccc3)nc(N3CCCCCC3)c2C1. The summed E-state index contributed by atoms with van der Waals surface area (Å²) in [7, 11) is 0. The maximum Gasteiger partial charge on any atom is 0.325 e. The van der Waals surface area contributed by atoms with Gasteiger partial charge >= 0.3 is 12.0 Å². The van der Waals surface area contributed by atoms with E-state index >= 15 is 0 Å². The van der Waals surface area contributed by atoms with Crippen molar-refractivity contribution in [1.82, 2.24) is 20.2 Å². The highest BCUT2D eigenvalue weighted by molar-refractivity contribution is 5.81. The number of esters is 1. The number of amides is 2. The van der Waals surface area contributed by atoms with Crippen molar-refractivity contribution in [2.24, 2.45) is 0 Å². The Morgan fingerprint density at radius 2 is 1.78 bits per heavy atom. The average molecular weight is 438 g/mol. The number of carbonyl (C=O) groups is 2. The van der Waals surface area contributed by atoms with E-state index < -0.39 is 5.97 Å². The van der Waals surface area contributed by atoms with Gasteiger partial charge in [-0.25, -0.2) is 14.8 Å². The number of aromatic nitrogens is 2. The fraction of sp³-hybridized carbons (Fsp3) is 0.500. The van der Waals surface area contributed by atoms with Crippen LogP contribution in [0.15, 0.2) is 30.3 Å². The molecule has 0 aliphatic carbocycles. The molecule has 3 heterocycles. The van der Waals surface area contributed by atoms with Crippen LogP contribution in [0.5, 0.6) is 0 Å². The van der Waals surface area contributed by atoms with Gasteiger partial charge in [0.05, 0.1) is 18.8 Å². The van der Waals surface area contributed by atoms with E-state index in [1.54, 1.807) is 11.8 Å². The first kappa shape index (κ1) is 22.0. The highest BCUT2D eigenvalue weighted by Gasteiger charge is 2.28. The highest BCUT2D eigenvalue weighted by Crippen LogP contribution is 2.31. The lowest BCUT2D eigenvalue weighted by Gasteiger charge is -2.32. The Hall–Kier alpha value is -3.16. The molecule has 4 rings (SSSR count). The lowest BCUT2D eigenvalue weighted by Crippen LogP contribution is -2.45. The van der Waals surface area contributed by atoms with Crippen molar-refractivity contribution in [2.75, 3.05) is 37.7 Å². The second kappa shape index (κ2) is 10.4. The lowest BCUT2D eigenvalue weighted by molar-refractivity contribution is -0.141. The molecule has 2 aliphatic heterocycles. The minimum absolute atomic E-state index is 0.127. The van der Waals surface area contributed by atoms with Crippen molar-refractivity contribution >= 4 is 17.8 Å². The van der Waals surface area contributed by atoms with Gasteiger partial charge in [0, 0.05) is 37.2 Å². The Morgan fingerprint density at radius 1 is 1.03 bits per heavy atom. The Labute approximate surface area is 189 Å². The summed E-state index contributed by atoms with van der Waals surface area (Å²) < 4.78 is 4.90. The summed E-state index contributed by atoms with van der Waals surface area (Å²) >= 11 is 0. The number of ether oxygens (including phenoxy) is 1. The van der Waals surface area contributed by atoms with Crippen LogP contribution in [0, 0.1) is 0 Å². The predicted molar refractivity (Wildman–Crippen MR) is 122 cm³/mol. The number of hydrogen-bond donors (Lipinski definition) is 1. The molecule has 2 aromatic rings. The van der Waals surface area contributed by atoms with Gasteiger partial charge in [-0.2, -0.15) is 0 Å². The van der Waals surface area contributed by atoms with Crippen molar-refractivity contribution in [3.63, 3.8) is 0 Å². The van der Waals surface area contributed by atoms with Crippen molar-refractivity contribution in [1.29, 1.82) is 0 Å². The van der Waals surface area contributed by atoms with Crippen LogP contribution in [-0.2, 0) is 22.5 Å². The van der Waals surface area contributed by atoms with Gasteiger partial charge in [0.2, 0.25) is 0 Å². The number of rotatable bonds is 5. The molecule has 2 amide bonds. The van der Waals surface area contributed by atoms with E-state index in [0.717, 1.165) is 54.4 Å². The summed E-state index contributed by atoms with van der Waals surface area (Å²) in [6.07, 6.45) is 5.41. The van der Waals surface area contributed by atoms with Gasteiger partial charge in [0.25, 0.3) is 0 Å². The van der Waals surface area contributed by atoms with Gasteiger partial charge in [-0.3, -0.25) is 4.79 Å². The molecule has 2 aliphatic rings. The molecule has 1 N–H and O–H groups in total. The molecular weight excluding hydrogens is 406 g/mol. The van der Waals surface area contributed by atoms with Crippen molar-refractivity contribution in [3.05, 3.63) is 41.6 Å². The third kappa shape index (κ3) is 5.18. The summed E-state index contributed by atoms with van der Waals surface area (Å²) in [5.41, 5.74) is 3.03. The summed E-state index contributed by atoms with van der Waals surface area (Å²) in [4.78, 5) is 38.3. The molecule has 1 aromatic heterocycles. The molecule has 8 heteroatoms. The fourth-order valence-corrected chi connectivity index (χ4v) is 4.30. The number of hydrogen-bond acceptors (Lipinski definition) is 6. The largest absolute Gasteiger partial charge is 0.465 e. The van der Waals surface area contributed by atoms with Crippen molar-refractivity contribution < 1.29 is 14.3 Å². The number of anilines is 1. The highest BCUT2D eigenvalue weighted by atomic mass is 16.5. The van der Waals surface area contributed by atoms with E-state index in [2.05, 4.69) is 10.2 Å². The van der Waals surface area contributed by atoms with Gasteiger partial charge in [0.1, 0.15) is 12.4 Å². The zero-order valence-electron chi connectivity index (χ0n) is 18.7. The standard InChI is InChI=1S/C24H31N5O3/c1-2-32-21(30)16-25-24(31)29-15-12-20-19(17-29)23(28-13-8-3-4-9-14-28)27-22(26-20)18-10-6-5-7-11-18/h5-7,10-11H,2-4,8-9,12-17H2,1H3,(H,25,31). The van der Waals surface area contributed by atoms with Gasteiger partial charge < -0.3 is 19.9 Å². The van der Waals surface area contributed by atoms with E-state index in [4.69, 9.17) is 14.7 Å². The lowest BCUT2D eigenvalue weighted by atomic mass is 10.0. The summed E-state index contributed by atoms with van der Waals surface area (Å²) in [5.74, 6) is 1.25. The zero-order chi connectivity index (χ0) is 22.3. The van der Waals surface area contributed by atoms with Gasteiger partial charge in [-0.15, -0.1) is 0 Å². The van der Waals surface area contributed by atoms with E-state index in [9.17, 15) is 9.59 Å². The van der Waals surface area contributed by atoms with Crippen LogP contribution in [0.2, 0.25) is 0 Å². The quantitative estimate of drug-likeness (QED) is 0.723. The number of urea groups is 1. The van der Waals surface area contributed by atoms with Crippen LogP contribution >= 0.6 is 0 Å². The first-order valence-electron chi connectivity index (χ1n) is 11.5. The Kier molecular flexibility index (Phi) is 7.19. The molecule has 0 bridgehead atoms. The van der Waals surface area contributed by atoms with Crippen LogP contribution in [-0.4, -0.2) is 59.7 Å². The van der Waals surface area contributed by atoms with Crippen LogP contribution in [0.3, 0.4) is 0 Å². The first-order chi connectivity index (χ1) is 15.7. The van der Waals surface area contributed by atoms with Crippen molar-refractivity contribution in [3.8, 4) is 11.4 Å². The molecule has 8 nitrogen and oxygen atoms in total. The second-order valence-electron chi connectivity index (χ2n) is 8.20. The molecule has 0 unspecified atom stereocenters. The molecule has 1 aromatic carbocycles. The van der Waals surface area contributed by atoms with Crippen LogP contribution in [0.25, 0.3) is 11.4 Å². The molecule has 32 heavy (non-hydrogen) atoms. The van der Waals surface area contributed by atoms with Gasteiger partial charge in [-0.1, -0.05) is 43.2 Å². The normalized spacial score (nSPS) is 16.2. The summed E-state index contributed by atoms with van der Waals surface area (Å²) in [6, 6.07) is 9.79. The number of carbonyl (C=O) groups excluding carboxylic acids is 2. The molecule has 170 valence electrons. The molecule has 0 atom stereocenters. The first-order valence-corrected chi connectivity index (χ1v) is 11.5. The van der Waals surface area contributed by atoms with Crippen LogP contribution < -0.4 is 10.2 Å². The average Bonchev–Trinajstić information content (AvgIpc) is 3.12. The Morgan fingerprint density at radius 3 is 2.50 bits per heavy atom. The zero-order valence-corrected chi connectivity index (χ0v) is 18.7. The minimum Gasteiger partial charge on any atom is -0.465 e.